The minimum absolute atomic E-state index is 0.0298. The Morgan fingerprint density at radius 2 is 2.38 bits per heavy atom. The molecule has 0 spiro atoms. The molecule has 0 aromatic carbocycles. The maximum atomic E-state index is 11.0. The maximum Gasteiger partial charge on any atom is 0.241 e. The standard InChI is InChI=1S/C8H16N2O3/c9-7-6-10(8(7)12)2-1-4-13-5-3-11/h7,11H,1-6,9H2. The van der Waals surface area contributed by atoms with E-state index in [0.717, 1.165) is 6.42 Å². The third-order valence-corrected chi connectivity index (χ3v) is 2.00. The predicted octanol–water partition coefficient (Wildman–Crippen LogP) is -1.45. The summed E-state index contributed by atoms with van der Waals surface area (Å²) in [6, 6.07) is -0.279. The van der Waals surface area contributed by atoms with E-state index in [-0.39, 0.29) is 18.6 Å². The Hall–Kier alpha value is -0.650. The van der Waals surface area contributed by atoms with Gasteiger partial charge in [0.2, 0.25) is 5.91 Å². The van der Waals surface area contributed by atoms with Gasteiger partial charge in [0.1, 0.15) is 6.04 Å². The van der Waals surface area contributed by atoms with E-state index in [4.69, 9.17) is 15.6 Å². The summed E-state index contributed by atoms with van der Waals surface area (Å²) in [7, 11) is 0. The van der Waals surface area contributed by atoms with E-state index in [1.54, 1.807) is 4.90 Å². The number of carbonyl (C=O) groups is 1. The summed E-state index contributed by atoms with van der Waals surface area (Å²) < 4.78 is 5.04. The highest BCUT2D eigenvalue weighted by Gasteiger charge is 2.32. The molecule has 1 aliphatic heterocycles. The van der Waals surface area contributed by atoms with Crippen LogP contribution in [0.4, 0.5) is 0 Å². The van der Waals surface area contributed by atoms with Crippen molar-refractivity contribution in [3.63, 3.8) is 0 Å². The van der Waals surface area contributed by atoms with Gasteiger partial charge >= 0.3 is 0 Å². The second-order valence-corrected chi connectivity index (χ2v) is 3.08. The highest BCUT2D eigenvalue weighted by atomic mass is 16.5. The number of likely N-dealkylation sites (tertiary alicyclic amines) is 1. The van der Waals surface area contributed by atoms with E-state index in [9.17, 15) is 4.79 Å². The molecule has 1 heterocycles. The first-order valence-corrected chi connectivity index (χ1v) is 4.48. The number of ether oxygens (including phenoxy) is 1. The van der Waals surface area contributed by atoms with E-state index in [1.807, 2.05) is 0 Å². The molecular weight excluding hydrogens is 172 g/mol. The molecule has 1 rings (SSSR count). The van der Waals surface area contributed by atoms with Crippen molar-refractivity contribution in [2.75, 3.05) is 32.9 Å². The zero-order chi connectivity index (χ0) is 9.68. The third kappa shape index (κ3) is 2.95. The first-order chi connectivity index (χ1) is 6.25. The number of carbonyl (C=O) groups excluding carboxylic acids is 1. The topological polar surface area (TPSA) is 75.8 Å². The fourth-order valence-electron chi connectivity index (χ4n) is 1.25. The number of hydrogen-bond acceptors (Lipinski definition) is 4. The predicted molar refractivity (Wildman–Crippen MR) is 47.1 cm³/mol. The lowest BCUT2D eigenvalue weighted by atomic mass is 10.1. The number of aliphatic hydroxyl groups is 1. The second-order valence-electron chi connectivity index (χ2n) is 3.08. The van der Waals surface area contributed by atoms with Crippen molar-refractivity contribution in [2.45, 2.75) is 12.5 Å². The van der Waals surface area contributed by atoms with Gasteiger partial charge in [0, 0.05) is 19.7 Å². The molecule has 0 saturated carbocycles. The van der Waals surface area contributed by atoms with Crippen LogP contribution in [0.3, 0.4) is 0 Å². The Morgan fingerprint density at radius 1 is 1.62 bits per heavy atom. The van der Waals surface area contributed by atoms with Gasteiger partial charge in [0.05, 0.1) is 13.2 Å². The van der Waals surface area contributed by atoms with Crippen LogP contribution in [0, 0.1) is 0 Å². The number of amides is 1. The monoisotopic (exact) mass is 188 g/mol. The molecule has 1 atom stereocenters. The zero-order valence-electron chi connectivity index (χ0n) is 7.61. The van der Waals surface area contributed by atoms with Gasteiger partial charge in [-0.2, -0.15) is 0 Å². The van der Waals surface area contributed by atoms with Crippen molar-refractivity contribution in [1.29, 1.82) is 0 Å². The molecule has 3 N–H and O–H groups in total. The van der Waals surface area contributed by atoms with Crippen molar-refractivity contribution in [2.24, 2.45) is 5.73 Å². The summed E-state index contributed by atoms with van der Waals surface area (Å²) >= 11 is 0. The van der Waals surface area contributed by atoms with Gasteiger partial charge in [-0.3, -0.25) is 4.79 Å². The SMILES string of the molecule is NC1CN(CCCOCCO)C1=O. The van der Waals surface area contributed by atoms with E-state index >= 15 is 0 Å². The van der Waals surface area contributed by atoms with Crippen molar-refractivity contribution >= 4 is 5.91 Å². The molecule has 1 fully saturated rings. The summed E-state index contributed by atoms with van der Waals surface area (Å²) in [5.41, 5.74) is 5.41. The van der Waals surface area contributed by atoms with Gasteiger partial charge < -0.3 is 20.5 Å². The summed E-state index contributed by atoms with van der Waals surface area (Å²) in [6.45, 7) is 2.37. The largest absolute Gasteiger partial charge is 0.394 e. The van der Waals surface area contributed by atoms with Gasteiger partial charge in [-0.15, -0.1) is 0 Å². The molecule has 0 radical (unpaired) electrons. The minimum Gasteiger partial charge on any atom is -0.394 e. The average Bonchev–Trinajstić information content (AvgIpc) is 2.15. The van der Waals surface area contributed by atoms with E-state index in [0.29, 0.717) is 26.3 Å². The Bertz CT molecular complexity index is 175. The van der Waals surface area contributed by atoms with Gasteiger partial charge in [-0.05, 0) is 6.42 Å². The van der Waals surface area contributed by atoms with Crippen LogP contribution in [-0.4, -0.2) is 54.9 Å². The number of β-lactam (4-membered cyclic amide) rings is 1. The molecule has 76 valence electrons. The highest BCUT2D eigenvalue weighted by molar-refractivity contribution is 5.87. The molecule has 0 aliphatic carbocycles. The first kappa shape index (κ1) is 10.4. The Balaban J connectivity index is 1.92. The smallest absolute Gasteiger partial charge is 0.241 e. The molecule has 13 heavy (non-hydrogen) atoms. The van der Waals surface area contributed by atoms with E-state index in [2.05, 4.69) is 0 Å². The van der Waals surface area contributed by atoms with Crippen LogP contribution in [-0.2, 0) is 9.53 Å². The molecule has 5 nitrogen and oxygen atoms in total. The normalized spacial score (nSPS) is 21.8. The molecule has 0 bridgehead atoms. The van der Waals surface area contributed by atoms with Crippen molar-refractivity contribution in [1.82, 2.24) is 4.90 Å². The van der Waals surface area contributed by atoms with Crippen LogP contribution >= 0.6 is 0 Å². The molecule has 0 aromatic heterocycles. The number of nitrogens with zero attached hydrogens (tertiary/aromatic N) is 1. The van der Waals surface area contributed by atoms with Gasteiger partial charge in [-0.25, -0.2) is 0 Å². The summed E-state index contributed by atoms with van der Waals surface area (Å²) in [4.78, 5) is 12.7. The van der Waals surface area contributed by atoms with Crippen LogP contribution in [0.2, 0.25) is 0 Å². The molecule has 1 unspecified atom stereocenters. The van der Waals surface area contributed by atoms with Crippen LogP contribution in [0.15, 0.2) is 0 Å². The zero-order valence-corrected chi connectivity index (χ0v) is 7.61. The Kier molecular flexibility index (Phi) is 4.14. The fraction of sp³-hybridized carbons (Fsp3) is 0.875. The summed E-state index contributed by atoms with van der Waals surface area (Å²) in [5, 5.41) is 8.40. The van der Waals surface area contributed by atoms with Crippen molar-refractivity contribution < 1.29 is 14.6 Å². The van der Waals surface area contributed by atoms with Crippen LogP contribution in [0.1, 0.15) is 6.42 Å². The molecule has 1 aliphatic rings. The number of nitrogens with two attached hydrogens (primary N) is 1. The number of hydrogen-bond donors (Lipinski definition) is 2. The number of aliphatic hydroxyl groups excluding tert-OH is 1. The first-order valence-electron chi connectivity index (χ1n) is 4.48. The quantitative estimate of drug-likeness (QED) is 0.395. The van der Waals surface area contributed by atoms with Crippen LogP contribution in [0.25, 0.3) is 0 Å². The Morgan fingerprint density at radius 3 is 2.92 bits per heavy atom. The van der Waals surface area contributed by atoms with Gasteiger partial charge in [-0.1, -0.05) is 0 Å². The molecule has 0 aromatic rings. The number of rotatable bonds is 6. The molecule has 1 saturated heterocycles. The lowest BCUT2D eigenvalue weighted by Crippen LogP contribution is -2.61. The lowest BCUT2D eigenvalue weighted by Gasteiger charge is -2.36. The third-order valence-electron chi connectivity index (χ3n) is 2.00. The van der Waals surface area contributed by atoms with Crippen molar-refractivity contribution in [3.8, 4) is 0 Å². The summed E-state index contributed by atoms with van der Waals surface area (Å²) in [6.07, 6.45) is 0.804. The fourth-order valence-corrected chi connectivity index (χ4v) is 1.25. The highest BCUT2D eigenvalue weighted by Crippen LogP contribution is 2.07. The molecular formula is C8H16N2O3. The van der Waals surface area contributed by atoms with E-state index < -0.39 is 0 Å². The van der Waals surface area contributed by atoms with Crippen LogP contribution < -0.4 is 5.73 Å². The Labute approximate surface area is 77.5 Å². The molecule has 1 amide bonds. The maximum absolute atomic E-state index is 11.0. The van der Waals surface area contributed by atoms with E-state index in [1.165, 1.54) is 0 Å². The summed E-state index contributed by atoms with van der Waals surface area (Å²) in [5.74, 6) is 0.0298. The average molecular weight is 188 g/mol. The van der Waals surface area contributed by atoms with Crippen LogP contribution in [0.5, 0.6) is 0 Å². The van der Waals surface area contributed by atoms with Gasteiger partial charge in [0.15, 0.2) is 0 Å². The van der Waals surface area contributed by atoms with Gasteiger partial charge in [0.25, 0.3) is 0 Å². The molecule has 5 heteroatoms. The second kappa shape index (κ2) is 5.16. The minimum atomic E-state index is -0.279. The van der Waals surface area contributed by atoms with Crippen molar-refractivity contribution in [3.05, 3.63) is 0 Å². The lowest BCUT2D eigenvalue weighted by molar-refractivity contribution is -0.142.